The Bertz CT molecular complexity index is 1240. The zero-order valence-corrected chi connectivity index (χ0v) is 21.9. The van der Waals surface area contributed by atoms with Gasteiger partial charge in [0, 0.05) is 41.7 Å². The summed E-state index contributed by atoms with van der Waals surface area (Å²) in [5, 5.41) is 5.32. The Morgan fingerprint density at radius 1 is 1.26 bits per heavy atom. The molecule has 1 unspecified atom stereocenters. The van der Waals surface area contributed by atoms with Crippen LogP contribution in [0.1, 0.15) is 31.9 Å². The van der Waals surface area contributed by atoms with Crippen LogP contribution in [-0.4, -0.2) is 48.5 Å². The number of fused-ring (bicyclic) bond motifs is 3. The van der Waals surface area contributed by atoms with Crippen LogP contribution in [0.15, 0.2) is 47.5 Å². The number of methoxy groups -OCH3 is 1. The second-order valence-corrected chi connectivity index (χ2v) is 10.0. The quantitative estimate of drug-likeness (QED) is 0.430. The maximum atomic E-state index is 13.8. The van der Waals surface area contributed by atoms with Gasteiger partial charge in [0.2, 0.25) is 11.8 Å². The van der Waals surface area contributed by atoms with E-state index in [1.807, 2.05) is 45.2 Å². The number of halogens is 1. The van der Waals surface area contributed by atoms with Gasteiger partial charge in [0.15, 0.2) is 0 Å². The third-order valence-electron chi connectivity index (χ3n) is 5.94. The molecule has 2 aromatic carbocycles. The predicted octanol–water partition coefficient (Wildman–Crippen LogP) is 4.95. The fourth-order valence-electron chi connectivity index (χ4n) is 4.38. The van der Waals surface area contributed by atoms with Crippen molar-refractivity contribution >= 4 is 51.8 Å². The van der Waals surface area contributed by atoms with Gasteiger partial charge in [0.1, 0.15) is 11.8 Å². The number of aromatic nitrogens is 1. The number of hydrogen-bond acceptors (Lipinski definition) is 5. The van der Waals surface area contributed by atoms with Crippen molar-refractivity contribution in [3.05, 3.63) is 53.1 Å². The summed E-state index contributed by atoms with van der Waals surface area (Å²) in [4.78, 5) is 28.9. The topological polar surface area (TPSA) is 72.8 Å². The van der Waals surface area contributed by atoms with Gasteiger partial charge in [-0.1, -0.05) is 41.6 Å². The van der Waals surface area contributed by atoms with Gasteiger partial charge in [-0.2, -0.15) is 0 Å². The summed E-state index contributed by atoms with van der Waals surface area (Å²) in [6, 6.07) is 12.1. The number of thioether (sulfide) groups is 1. The molecule has 2 amide bonds. The lowest BCUT2D eigenvalue weighted by atomic mass is 10.0. The van der Waals surface area contributed by atoms with E-state index in [4.69, 9.17) is 21.1 Å². The van der Waals surface area contributed by atoms with Gasteiger partial charge in [-0.25, -0.2) is 0 Å². The Balaban J connectivity index is 1.82. The number of hydrogen-bond donors (Lipinski definition) is 1. The maximum Gasteiger partial charge on any atom is 0.247 e. The van der Waals surface area contributed by atoms with Crippen LogP contribution < -0.4 is 15.0 Å². The molecule has 0 aliphatic carbocycles. The first kappa shape index (κ1) is 25.4. The lowest BCUT2D eigenvalue weighted by Crippen LogP contribution is -2.44. The van der Waals surface area contributed by atoms with Crippen LogP contribution in [0.25, 0.3) is 10.9 Å². The smallest absolute Gasteiger partial charge is 0.247 e. The van der Waals surface area contributed by atoms with Gasteiger partial charge in [-0.15, -0.1) is 0 Å². The maximum absolute atomic E-state index is 13.8. The first-order valence-electron chi connectivity index (χ1n) is 11.6. The number of rotatable bonds is 8. The fraction of sp³-hybridized carbons (Fsp3) is 0.385. The van der Waals surface area contributed by atoms with Crippen molar-refractivity contribution < 1.29 is 19.1 Å². The van der Waals surface area contributed by atoms with Crippen LogP contribution in [0.5, 0.6) is 5.75 Å². The highest BCUT2D eigenvalue weighted by Gasteiger charge is 2.40. The zero-order valence-electron chi connectivity index (χ0n) is 20.3. The SMILES string of the molecule is COc1ccc(Cl)cc1N1C(=O)CSc2c(c3ccccc3n2C)C1C(=O)NCCCOC(C)C. The number of para-hydroxylation sites is 1. The standard InChI is InChI=1S/C26H30ClN3O4S/c1-16(2)34-13-7-12-28-25(32)24-23-18-8-5-6-9-19(18)29(3)26(23)35-15-22(31)30(24)20-14-17(27)10-11-21(20)33-4/h5-6,8-11,14,16,24H,7,12-13,15H2,1-4H3,(H,28,32). The molecule has 1 aliphatic rings. The van der Waals surface area contributed by atoms with Crippen molar-refractivity contribution in [2.45, 2.75) is 37.4 Å². The van der Waals surface area contributed by atoms with Crippen molar-refractivity contribution in [3.63, 3.8) is 0 Å². The van der Waals surface area contributed by atoms with E-state index in [-0.39, 0.29) is 23.7 Å². The summed E-state index contributed by atoms with van der Waals surface area (Å²) in [6.45, 7) is 4.93. The van der Waals surface area contributed by atoms with Crippen LogP contribution in [0, 0.1) is 0 Å². The summed E-state index contributed by atoms with van der Waals surface area (Å²) in [7, 11) is 3.50. The van der Waals surface area contributed by atoms with Gasteiger partial charge in [-0.3, -0.25) is 14.5 Å². The molecule has 1 aliphatic heterocycles. The normalized spacial score (nSPS) is 15.9. The predicted molar refractivity (Wildman–Crippen MR) is 141 cm³/mol. The van der Waals surface area contributed by atoms with Gasteiger partial charge >= 0.3 is 0 Å². The molecule has 186 valence electrons. The number of carbonyl (C=O) groups excluding carboxylic acids is 2. The average molecular weight is 516 g/mol. The Hall–Kier alpha value is -2.68. The summed E-state index contributed by atoms with van der Waals surface area (Å²) in [6.07, 6.45) is 0.800. The van der Waals surface area contributed by atoms with Crippen molar-refractivity contribution in [1.82, 2.24) is 9.88 Å². The fourth-order valence-corrected chi connectivity index (χ4v) is 5.62. The monoisotopic (exact) mass is 515 g/mol. The van der Waals surface area contributed by atoms with Crippen LogP contribution in [0.3, 0.4) is 0 Å². The van der Waals surface area contributed by atoms with Gasteiger partial charge < -0.3 is 19.4 Å². The number of nitrogens with zero attached hydrogens (tertiary/aromatic N) is 2. The molecule has 0 spiro atoms. The van der Waals surface area contributed by atoms with Crippen LogP contribution in [-0.2, 0) is 21.4 Å². The Morgan fingerprint density at radius 2 is 2.03 bits per heavy atom. The minimum Gasteiger partial charge on any atom is -0.495 e. The van der Waals surface area contributed by atoms with E-state index in [0.29, 0.717) is 36.0 Å². The number of aryl methyl sites for hydroxylation is 1. The minimum absolute atomic E-state index is 0.131. The summed E-state index contributed by atoms with van der Waals surface area (Å²) in [5.41, 5.74) is 2.27. The lowest BCUT2D eigenvalue weighted by molar-refractivity contribution is -0.125. The molecule has 35 heavy (non-hydrogen) atoms. The second-order valence-electron chi connectivity index (χ2n) is 8.63. The van der Waals surface area contributed by atoms with E-state index in [2.05, 4.69) is 9.88 Å². The van der Waals surface area contributed by atoms with Crippen LogP contribution >= 0.6 is 23.4 Å². The molecule has 0 saturated heterocycles. The first-order chi connectivity index (χ1) is 16.8. The Labute approximate surface area is 214 Å². The van der Waals surface area contributed by atoms with E-state index in [1.54, 1.807) is 18.2 Å². The molecular weight excluding hydrogens is 486 g/mol. The first-order valence-corrected chi connectivity index (χ1v) is 12.9. The van der Waals surface area contributed by atoms with Crippen LogP contribution in [0.2, 0.25) is 5.02 Å². The molecule has 0 bridgehead atoms. The highest BCUT2D eigenvalue weighted by molar-refractivity contribution is 8.00. The Morgan fingerprint density at radius 3 is 2.77 bits per heavy atom. The molecular formula is C26H30ClN3O4S. The summed E-state index contributed by atoms with van der Waals surface area (Å²) in [5.74, 6) is 0.197. The van der Waals surface area contributed by atoms with E-state index in [0.717, 1.165) is 21.5 Å². The van der Waals surface area contributed by atoms with Crippen molar-refractivity contribution in [3.8, 4) is 5.75 Å². The van der Waals surface area contributed by atoms with Gasteiger partial charge in [0.05, 0.1) is 29.7 Å². The number of ether oxygens (including phenoxy) is 2. The van der Waals surface area contributed by atoms with Gasteiger partial charge in [-0.05, 0) is 44.5 Å². The molecule has 0 saturated carbocycles. The Kier molecular flexibility index (Phi) is 7.94. The lowest BCUT2D eigenvalue weighted by Gasteiger charge is -2.31. The van der Waals surface area contributed by atoms with Crippen molar-refractivity contribution in [2.24, 2.45) is 7.05 Å². The van der Waals surface area contributed by atoms with E-state index < -0.39 is 6.04 Å². The number of carbonyl (C=O) groups is 2. The molecule has 0 radical (unpaired) electrons. The largest absolute Gasteiger partial charge is 0.495 e. The van der Waals surface area contributed by atoms with E-state index in [9.17, 15) is 9.59 Å². The molecule has 2 heterocycles. The average Bonchev–Trinajstić information content (AvgIpc) is 3.01. The number of nitrogens with one attached hydrogen (secondary N) is 1. The third kappa shape index (κ3) is 5.15. The van der Waals surface area contributed by atoms with E-state index >= 15 is 0 Å². The van der Waals surface area contributed by atoms with E-state index in [1.165, 1.54) is 23.8 Å². The number of benzene rings is 2. The summed E-state index contributed by atoms with van der Waals surface area (Å²) < 4.78 is 13.2. The molecule has 1 atom stereocenters. The minimum atomic E-state index is -0.892. The molecule has 9 heteroatoms. The number of anilines is 1. The molecule has 1 N–H and O–H groups in total. The highest BCUT2D eigenvalue weighted by atomic mass is 35.5. The molecule has 3 aromatic rings. The highest BCUT2D eigenvalue weighted by Crippen LogP contribution is 2.45. The molecule has 7 nitrogen and oxygen atoms in total. The van der Waals surface area contributed by atoms with Gasteiger partial charge in [0.25, 0.3) is 0 Å². The summed E-state index contributed by atoms with van der Waals surface area (Å²) >= 11 is 7.78. The molecule has 0 fully saturated rings. The molecule has 1 aromatic heterocycles. The van der Waals surface area contributed by atoms with Crippen LogP contribution in [0.4, 0.5) is 5.69 Å². The molecule has 4 rings (SSSR count). The second kappa shape index (κ2) is 10.9. The zero-order chi connectivity index (χ0) is 25.1. The van der Waals surface area contributed by atoms with Crippen molar-refractivity contribution in [1.29, 1.82) is 0 Å². The van der Waals surface area contributed by atoms with Crippen molar-refractivity contribution in [2.75, 3.05) is 30.9 Å². The third-order valence-corrected chi connectivity index (χ3v) is 7.34. The number of amides is 2.